The molecule has 65 valence electrons. The SMILES string of the molecule is CCCC(C)c1c[c]ccc1Cl. The fourth-order valence-electron chi connectivity index (χ4n) is 1.39. The van der Waals surface area contributed by atoms with Crippen LogP contribution in [0, 0.1) is 6.07 Å². The molecule has 0 aliphatic rings. The summed E-state index contributed by atoms with van der Waals surface area (Å²) in [5.41, 5.74) is 1.22. The van der Waals surface area contributed by atoms with Gasteiger partial charge in [0, 0.05) is 5.02 Å². The van der Waals surface area contributed by atoms with Gasteiger partial charge in [-0.1, -0.05) is 37.9 Å². The Hall–Kier alpha value is -0.490. The van der Waals surface area contributed by atoms with Crippen LogP contribution in [0.5, 0.6) is 0 Å². The highest BCUT2D eigenvalue weighted by molar-refractivity contribution is 6.31. The molecule has 1 rings (SSSR count). The Morgan fingerprint density at radius 1 is 1.58 bits per heavy atom. The van der Waals surface area contributed by atoms with Gasteiger partial charge in [-0.2, -0.15) is 0 Å². The lowest BCUT2D eigenvalue weighted by Gasteiger charge is -2.11. The summed E-state index contributed by atoms with van der Waals surface area (Å²) < 4.78 is 0. The monoisotopic (exact) mass is 181 g/mol. The normalized spacial score (nSPS) is 12.9. The molecule has 0 spiro atoms. The molecule has 1 heteroatoms. The molecule has 0 heterocycles. The van der Waals surface area contributed by atoms with E-state index in [1.54, 1.807) is 0 Å². The van der Waals surface area contributed by atoms with Gasteiger partial charge in [0.25, 0.3) is 0 Å². The predicted octanol–water partition coefficient (Wildman–Crippen LogP) is 4.04. The summed E-state index contributed by atoms with van der Waals surface area (Å²) in [5.74, 6) is 0.556. The van der Waals surface area contributed by atoms with Gasteiger partial charge in [0.2, 0.25) is 0 Å². The van der Waals surface area contributed by atoms with E-state index in [0.717, 1.165) is 5.02 Å². The molecule has 1 radical (unpaired) electrons. The van der Waals surface area contributed by atoms with E-state index in [1.807, 2.05) is 18.2 Å². The van der Waals surface area contributed by atoms with E-state index in [4.69, 9.17) is 11.6 Å². The van der Waals surface area contributed by atoms with Gasteiger partial charge in [-0.3, -0.25) is 0 Å². The first-order chi connectivity index (χ1) is 5.75. The molecule has 0 aliphatic heterocycles. The largest absolute Gasteiger partial charge is 0.0840 e. The minimum Gasteiger partial charge on any atom is -0.0840 e. The molecule has 0 aromatic heterocycles. The van der Waals surface area contributed by atoms with Crippen LogP contribution in [0.3, 0.4) is 0 Å². The molecule has 1 aromatic carbocycles. The predicted molar refractivity (Wildman–Crippen MR) is 53.6 cm³/mol. The average Bonchev–Trinajstić information content (AvgIpc) is 2.05. The summed E-state index contributed by atoms with van der Waals surface area (Å²) in [7, 11) is 0. The Morgan fingerprint density at radius 2 is 2.33 bits per heavy atom. The second-order valence-electron chi connectivity index (χ2n) is 3.14. The molecule has 0 bridgehead atoms. The van der Waals surface area contributed by atoms with Crippen LogP contribution >= 0.6 is 11.6 Å². The molecule has 1 atom stereocenters. The van der Waals surface area contributed by atoms with Gasteiger partial charge in [0.1, 0.15) is 0 Å². The van der Waals surface area contributed by atoms with Gasteiger partial charge in [-0.05, 0) is 36.1 Å². The Balaban J connectivity index is 2.79. The topological polar surface area (TPSA) is 0 Å². The van der Waals surface area contributed by atoms with E-state index < -0.39 is 0 Å². The summed E-state index contributed by atoms with van der Waals surface area (Å²) in [5, 5.41) is 0.870. The van der Waals surface area contributed by atoms with Crippen molar-refractivity contribution >= 4 is 11.6 Å². The van der Waals surface area contributed by atoms with Crippen molar-refractivity contribution in [3.8, 4) is 0 Å². The number of benzene rings is 1. The molecule has 0 fully saturated rings. The van der Waals surface area contributed by atoms with Crippen molar-refractivity contribution in [3.63, 3.8) is 0 Å². The van der Waals surface area contributed by atoms with Crippen molar-refractivity contribution in [2.24, 2.45) is 0 Å². The second-order valence-corrected chi connectivity index (χ2v) is 3.54. The molecule has 0 N–H and O–H groups in total. The third kappa shape index (κ3) is 2.25. The first kappa shape index (κ1) is 9.60. The molecule has 0 aliphatic carbocycles. The van der Waals surface area contributed by atoms with Gasteiger partial charge in [-0.15, -0.1) is 0 Å². The van der Waals surface area contributed by atoms with Crippen LogP contribution in [0.1, 0.15) is 38.2 Å². The van der Waals surface area contributed by atoms with Gasteiger partial charge in [-0.25, -0.2) is 0 Å². The van der Waals surface area contributed by atoms with Crippen molar-refractivity contribution < 1.29 is 0 Å². The highest BCUT2D eigenvalue weighted by Crippen LogP contribution is 2.26. The smallest absolute Gasteiger partial charge is 0.0441 e. The Morgan fingerprint density at radius 3 is 2.92 bits per heavy atom. The zero-order valence-corrected chi connectivity index (χ0v) is 8.36. The first-order valence-electron chi connectivity index (χ1n) is 4.41. The van der Waals surface area contributed by atoms with Crippen LogP contribution in [0.15, 0.2) is 18.2 Å². The summed E-state index contributed by atoms with van der Waals surface area (Å²) in [6, 6.07) is 8.80. The summed E-state index contributed by atoms with van der Waals surface area (Å²) in [6.45, 7) is 4.40. The fourth-order valence-corrected chi connectivity index (χ4v) is 1.69. The van der Waals surface area contributed by atoms with Crippen LogP contribution in [-0.2, 0) is 0 Å². The van der Waals surface area contributed by atoms with E-state index in [9.17, 15) is 0 Å². The van der Waals surface area contributed by atoms with Crippen LogP contribution in [0.25, 0.3) is 0 Å². The van der Waals surface area contributed by atoms with Crippen molar-refractivity contribution in [1.82, 2.24) is 0 Å². The van der Waals surface area contributed by atoms with Gasteiger partial charge >= 0.3 is 0 Å². The number of hydrogen-bond donors (Lipinski definition) is 0. The molecule has 12 heavy (non-hydrogen) atoms. The Labute approximate surface area is 79.6 Å². The minimum atomic E-state index is 0.556. The molecule has 1 unspecified atom stereocenters. The molecule has 0 nitrogen and oxygen atoms in total. The molecular weight excluding hydrogens is 168 g/mol. The molecule has 0 amide bonds. The molecule has 0 saturated carbocycles. The third-order valence-electron chi connectivity index (χ3n) is 2.09. The maximum absolute atomic E-state index is 6.03. The van der Waals surface area contributed by atoms with Crippen molar-refractivity contribution in [1.29, 1.82) is 0 Å². The summed E-state index contributed by atoms with van der Waals surface area (Å²) >= 11 is 6.03. The highest BCUT2D eigenvalue weighted by Gasteiger charge is 2.06. The molecular formula is C11H14Cl. The fraction of sp³-hybridized carbons (Fsp3) is 0.455. The van der Waals surface area contributed by atoms with Crippen molar-refractivity contribution in [2.75, 3.05) is 0 Å². The Kier molecular flexibility index (Phi) is 3.61. The quantitative estimate of drug-likeness (QED) is 0.660. The summed E-state index contributed by atoms with van der Waals surface area (Å²) in [4.78, 5) is 0. The molecule has 1 aromatic rings. The van der Waals surface area contributed by atoms with Crippen LogP contribution < -0.4 is 0 Å². The summed E-state index contributed by atoms with van der Waals surface area (Å²) in [6.07, 6.45) is 2.39. The van der Waals surface area contributed by atoms with Gasteiger partial charge in [0.05, 0.1) is 0 Å². The maximum atomic E-state index is 6.03. The van der Waals surface area contributed by atoms with Crippen molar-refractivity contribution in [3.05, 3.63) is 34.9 Å². The zero-order valence-electron chi connectivity index (χ0n) is 7.60. The minimum absolute atomic E-state index is 0.556. The van der Waals surface area contributed by atoms with Gasteiger partial charge in [0.15, 0.2) is 0 Å². The Bertz CT molecular complexity index is 243. The van der Waals surface area contributed by atoms with E-state index in [1.165, 1.54) is 18.4 Å². The lowest BCUT2D eigenvalue weighted by molar-refractivity contribution is 0.665. The van der Waals surface area contributed by atoms with E-state index in [-0.39, 0.29) is 0 Å². The lowest BCUT2D eigenvalue weighted by atomic mass is 9.97. The number of rotatable bonds is 3. The maximum Gasteiger partial charge on any atom is 0.0441 e. The second kappa shape index (κ2) is 4.51. The van der Waals surface area contributed by atoms with E-state index in [2.05, 4.69) is 19.9 Å². The zero-order chi connectivity index (χ0) is 8.97. The standard InChI is InChI=1S/C11H14Cl/c1-3-6-9(2)10-7-4-5-8-11(10)12/h5,7-9H,3,6H2,1-2H3. The van der Waals surface area contributed by atoms with Gasteiger partial charge < -0.3 is 0 Å². The lowest BCUT2D eigenvalue weighted by Crippen LogP contribution is -1.93. The van der Waals surface area contributed by atoms with Crippen LogP contribution in [0.4, 0.5) is 0 Å². The average molecular weight is 182 g/mol. The van der Waals surface area contributed by atoms with E-state index in [0.29, 0.717) is 5.92 Å². The first-order valence-corrected chi connectivity index (χ1v) is 4.79. The number of halogens is 1. The van der Waals surface area contributed by atoms with Crippen LogP contribution in [-0.4, -0.2) is 0 Å². The van der Waals surface area contributed by atoms with Crippen LogP contribution in [0.2, 0.25) is 5.02 Å². The van der Waals surface area contributed by atoms with Crippen molar-refractivity contribution in [2.45, 2.75) is 32.6 Å². The van der Waals surface area contributed by atoms with E-state index >= 15 is 0 Å². The third-order valence-corrected chi connectivity index (χ3v) is 2.44. The number of hydrogen-bond acceptors (Lipinski definition) is 0. The highest BCUT2D eigenvalue weighted by atomic mass is 35.5. The molecule has 0 saturated heterocycles.